The van der Waals surface area contributed by atoms with Gasteiger partial charge >= 0.3 is 110 Å². The minimum atomic E-state index is -2.77. The van der Waals surface area contributed by atoms with E-state index in [1.807, 2.05) is 0 Å². The van der Waals surface area contributed by atoms with Crippen LogP contribution in [0.2, 0.25) is 0 Å². The van der Waals surface area contributed by atoms with E-state index in [0.29, 0.717) is 39.6 Å². The van der Waals surface area contributed by atoms with E-state index in [1.54, 1.807) is 21.3 Å². The van der Waals surface area contributed by atoms with Crippen molar-refractivity contribution in [2.45, 2.75) is 0 Å². The van der Waals surface area contributed by atoms with Crippen LogP contribution in [0.1, 0.15) is 0 Å². The molecule has 0 N–H and O–H groups in total. The Kier molecular flexibility index (Phi) is 14.7. The van der Waals surface area contributed by atoms with Crippen LogP contribution in [-0.2, 0) is 49.3 Å². The predicted molar refractivity (Wildman–Crippen MR) is 53.5 cm³/mol. The molecule has 96 valence electrons. The predicted octanol–water partition coefficient (Wildman–Crippen LogP) is 0.339. The Morgan fingerprint density at radius 3 is 1.12 bits per heavy atom. The van der Waals surface area contributed by atoms with E-state index in [-0.39, 0.29) is 0 Å². The van der Waals surface area contributed by atoms with Crippen molar-refractivity contribution in [2.75, 3.05) is 61.0 Å². The van der Waals surface area contributed by atoms with Crippen molar-refractivity contribution in [3.63, 3.8) is 0 Å². The van der Waals surface area contributed by atoms with Gasteiger partial charge in [-0.3, -0.25) is 0 Å². The second-order valence-corrected chi connectivity index (χ2v) is 6.76. The minimum absolute atomic E-state index is 0.511. The number of methoxy groups -OCH3 is 3. The fourth-order valence-electron chi connectivity index (χ4n) is 0.827. The van der Waals surface area contributed by atoms with Gasteiger partial charge in [0.1, 0.15) is 0 Å². The summed E-state index contributed by atoms with van der Waals surface area (Å²) >= 11 is -2.77. The molecule has 0 aliphatic carbocycles. The van der Waals surface area contributed by atoms with Gasteiger partial charge in [-0.15, -0.1) is 0 Å². The Balaban J connectivity index is 3.58. The molecule has 0 bridgehead atoms. The Morgan fingerprint density at radius 2 is 0.875 bits per heavy atom. The summed E-state index contributed by atoms with van der Waals surface area (Å²) in [6.07, 6.45) is 0. The number of rotatable bonds is 12. The molecule has 0 aromatic rings. The fourth-order valence-corrected chi connectivity index (χ4v) is 3.67. The van der Waals surface area contributed by atoms with Gasteiger partial charge in [0.2, 0.25) is 0 Å². The maximum atomic E-state index is 5.51. The van der Waals surface area contributed by atoms with Gasteiger partial charge < -0.3 is 0 Å². The second-order valence-electron chi connectivity index (χ2n) is 2.88. The summed E-state index contributed by atoms with van der Waals surface area (Å²) in [6.45, 7) is 3.18. The van der Waals surface area contributed by atoms with Gasteiger partial charge in [-0.25, -0.2) is 0 Å². The van der Waals surface area contributed by atoms with Crippen LogP contribution < -0.4 is 0 Å². The van der Waals surface area contributed by atoms with Crippen molar-refractivity contribution in [2.24, 2.45) is 0 Å². The molecule has 0 radical (unpaired) electrons. The van der Waals surface area contributed by atoms with Crippen molar-refractivity contribution >= 4 is 0 Å². The van der Waals surface area contributed by atoms with Gasteiger partial charge in [-0.05, 0) is 0 Å². The zero-order valence-electron chi connectivity index (χ0n) is 10.3. The first-order chi connectivity index (χ1) is 7.85. The Labute approximate surface area is 110 Å². The Bertz CT molecular complexity index is 113. The third-order valence-corrected chi connectivity index (χ3v) is 5.37. The molecular formula is C9H21O6Y. The molecule has 0 aliphatic rings. The molecule has 0 atom stereocenters. The van der Waals surface area contributed by atoms with Crippen LogP contribution in [0.25, 0.3) is 0 Å². The summed E-state index contributed by atoms with van der Waals surface area (Å²) in [5, 5.41) is 0. The Hall–Kier alpha value is 0.864. The van der Waals surface area contributed by atoms with Gasteiger partial charge in [0.05, 0.1) is 0 Å². The summed E-state index contributed by atoms with van der Waals surface area (Å²) in [4.78, 5) is 0. The molecule has 0 fully saturated rings. The van der Waals surface area contributed by atoms with E-state index in [0.717, 1.165) is 0 Å². The number of hydrogen-bond donors (Lipinski definition) is 0. The first-order valence-corrected chi connectivity index (χ1v) is 8.64. The normalized spacial score (nSPS) is 10.7. The third kappa shape index (κ3) is 11.4. The molecule has 7 heteroatoms. The molecule has 0 aromatic heterocycles. The van der Waals surface area contributed by atoms with Crippen molar-refractivity contribution in [1.82, 2.24) is 0 Å². The third-order valence-electron chi connectivity index (χ3n) is 1.62. The van der Waals surface area contributed by atoms with E-state index in [2.05, 4.69) is 0 Å². The van der Waals surface area contributed by atoms with Crippen LogP contribution in [0, 0.1) is 0 Å². The van der Waals surface area contributed by atoms with Gasteiger partial charge in [0.25, 0.3) is 0 Å². The molecule has 16 heavy (non-hydrogen) atoms. The van der Waals surface area contributed by atoms with Crippen molar-refractivity contribution < 1.29 is 49.3 Å². The molecule has 0 aliphatic heterocycles. The summed E-state index contributed by atoms with van der Waals surface area (Å²) < 4.78 is 31.2. The van der Waals surface area contributed by atoms with Gasteiger partial charge in [0.15, 0.2) is 0 Å². The first kappa shape index (κ1) is 16.9. The summed E-state index contributed by atoms with van der Waals surface area (Å²) in [7, 11) is 4.89. The van der Waals surface area contributed by atoms with E-state index in [1.165, 1.54) is 0 Å². The molecule has 0 spiro atoms. The SMILES string of the molecule is COCC[O][Y]([O]CCOC)[O]CCOC. The summed E-state index contributed by atoms with van der Waals surface area (Å²) in [6, 6.07) is 0. The van der Waals surface area contributed by atoms with Gasteiger partial charge in [-0.2, -0.15) is 0 Å². The van der Waals surface area contributed by atoms with E-state index >= 15 is 0 Å². The molecule has 0 unspecified atom stereocenters. The van der Waals surface area contributed by atoms with Crippen LogP contribution >= 0.6 is 0 Å². The van der Waals surface area contributed by atoms with Crippen LogP contribution in [0.15, 0.2) is 0 Å². The molecule has 0 amide bonds. The fraction of sp³-hybridized carbons (Fsp3) is 1.00. The zero-order valence-corrected chi connectivity index (χ0v) is 13.1. The van der Waals surface area contributed by atoms with Crippen molar-refractivity contribution in [3.05, 3.63) is 0 Å². The molecular weight excluding hydrogens is 293 g/mol. The molecule has 0 rings (SSSR count). The van der Waals surface area contributed by atoms with E-state index in [9.17, 15) is 0 Å². The maximum absolute atomic E-state index is 5.51. The number of hydrogen-bond acceptors (Lipinski definition) is 6. The second kappa shape index (κ2) is 13.9. The molecule has 0 saturated heterocycles. The molecule has 0 aromatic carbocycles. The Morgan fingerprint density at radius 1 is 0.562 bits per heavy atom. The molecule has 6 nitrogen and oxygen atoms in total. The molecule has 0 saturated carbocycles. The van der Waals surface area contributed by atoms with Crippen LogP contribution in [-0.4, -0.2) is 61.0 Å². The van der Waals surface area contributed by atoms with Gasteiger partial charge in [0, 0.05) is 0 Å². The van der Waals surface area contributed by atoms with Crippen LogP contribution in [0.3, 0.4) is 0 Å². The van der Waals surface area contributed by atoms with Crippen LogP contribution in [0.4, 0.5) is 0 Å². The quantitative estimate of drug-likeness (QED) is 0.484. The summed E-state index contributed by atoms with van der Waals surface area (Å²) in [5.74, 6) is 0. The average molecular weight is 314 g/mol. The molecule has 0 heterocycles. The summed E-state index contributed by atoms with van der Waals surface area (Å²) in [5.41, 5.74) is 0. The van der Waals surface area contributed by atoms with E-state index in [4.69, 9.17) is 20.4 Å². The monoisotopic (exact) mass is 314 g/mol. The van der Waals surface area contributed by atoms with Crippen molar-refractivity contribution in [3.8, 4) is 0 Å². The van der Waals surface area contributed by atoms with Crippen LogP contribution in [0.5, 0.6) is 0 Å². The van der Waals surface area contributed by atoms with Gasteiger partial charge in [-0.1, -0.05) is 0 Å². The zero-order chi connectivity index (χ0) is 12.1. The average Bonchev–Trinajstić information content (AvgIpc) is 2.29. The standard InChI is InChI=1S/3C3H7O2.Y/c3*1-5-3-2-4;/h3*2-3H2,1H3;/q3*-1;+3. The van der Waals surface area contributed by atoms with Crippen molar-refractivity contribution in [1.29, 1.82) is 0 Å². The van der Waals surface area contributed by atoms with E-state index < -0.39 is 29.0 Å². The topological polar surface area (TPSA) is 55.4 Å². The number of ether oxygens (including phenoxy) is 3. The first-order valence-electron chi connectivity index (χ1n) is 5.16.